The lowest BCUT2D eigenvalue weighted by Crippen LogP contribution is -2.43. The highest BCUT2D eigenvalue weighted by molar-refractivity contribution is 5.96. The van der Waals surface area contributed by atoms with E-state index in [1.807, 2.05) is 7.05 Å². The lowest BCUT2D eigenvalue weighted by molar-refractivity contribution is 0.0681. The molecule has 1 aliphatic carbocycles. The third kappa shape index (κ3) is 3.97. The van der Waals surface area contributed by atoms with E-state index in [4.69, 9.17) is 0 Å². The standard InChI is InChI=1S/C17H26N2O2/c1-3-12-18-13-8-10-14(11-9-13)19(2)17(21)15-6-4-5-7-16(15)20/h4-7,13-14,18,20H,3,8-12H2,1-2H3. The zero-order valence-corrected chi connectivity index (χ0v) is 13.0. The predicted octanol–water partition coefficient (Wildman–Crippen LogP) is 2.78. The average molecular weight is 290 g/mol. The van der Waals surface area contributed by atoms with Gasteiger partial charge < -0.3 is 15.3 Å². The molecular formula is C17H26N2O2. The van der Waals surface area contributed by atoms with Gasteiger partial charge in [0.15, 0.2) is 0 Å². The minimum Gasteiger partial charge on any atom is -0.507 e. The van der Waals surface area contributed by atoms with Gasteiger partial charge in [-0.1, -0.05) is 19.1 Å². The summed E-state index contributed by atoms with van der Waals surface area (Å²) in [5.74, 6) is -0.0225. The first-order valence-corrected chi connectivity index (χ1v) is 7.92. The third-order valence-corrected chi connectivity index (χ3v) is 4.38. The quantitative estimate of drug-likeness (QED) is 0.876. The smallest absolute Gasteiger partial charge is 0.257 e. The number of carbonyl (C=O) groups excluding carboxylic acids is 1. The van der Waals surface area contributed by atoms with Crippen LogP contribution >= 0.6 is 0 Å². The molecule has 2 rings (SSSR count). The largest absolute Gasteiger partial charge is 0.507 e. The van der Waals surface area contributed by atoms with Crippen LogP contribution in [0.3, 0.4) is 0 Å². The van der Waals surface area contributed by atoms with Gasteiger partial charge in [-0.3, -0.25) is 4.79 Å². The minimum absolute atomic E-state index is 0.0626. The Balaban J connectivity index is 1.91. The van der Waals surface area contributed by atoms with Crippen LogP contribution in [0.15, 0.2) is 24.3 Å². The highest BCUT2D eigenvalue weighted by Gasteiger charge is 2.27. The Hall–Kier alpha value is -1.55. The average Bonchev–Trinajstić information content (AvgIpc) is 2.52. The number of benzene rings is 1. The van der Waals surface area contributed by atoms with E-state index in [-0.39, 0.29) is 17.7 Å². The SMILES string of the molecule is CCCNC1CCC(N(C)C(=O)c2ccccc2O)CC1. The van der Waals surface area contributed by atoms with Crippen LogP contribution in [-0.2, 0) is 0 Å². The number of aromatic hydroxyl groups is 1. The van der Waals surface area contributed by atoms with Gasteiger partial charge in [-0.05, 0) is 50.8 Å². The van der Waals surface area contributed by atoms with Crippen LogP contribution in [-0.4, -0.2) is 41.6 Å². The van der Waals surface area contributed by atoms with Crippen LogP contribution in [0, 0.1) is 0 Å². The number of amides is 1. The normalized spacial score (nSPS) is 22.0. The number of hydrogen-bond donors (Lipinski definition) is 2. The van der Waals surface area contributed by atoms with Gasteiger partial charge >= 0.3 is 0 Å². The van der Waals surface area contributed by atoms with Gasteiger partial charge in [-0.15, -0.1) is 0 Å². The summed E-state index contributed by atoms with van der Waals surface area (Å²) in [6, 6.07) is 7.63. The summed E-state index contributed by atoms with van der Waals surface area (Å²) in [5.41, 5.74) is 0.395. The number of para-hydroxylation sites is 1. The van der Waals surface area contributed by atoms with E-state index in [0.717, 1.165) is 38.6 Å². The fourth-order valence-electron chi connectivity index (χ4n) is 3.03. The van der Waals surface area contributed by atoms with Crippen molar-refractivity contribution in [1.82, 2.24) is 10.2 Å². The second-order valence-corrected chi connectivity index (χ2v) is 5.89. The van der Waals surface area contributed by atoms with Crippen molar-refractivity contribution in [2.24, 2.45) is 0 Å². The van der Waals surface area contributed by atoms with Crippen molar-refractivity contribution < 1.29 is 9.90 Å². The molecule has 4 heteroatoms. The molecule has 0 radical (unpaired) electrons. The minimum atomic E-state index is -0.0851. The summed E-state index contributed by atoms with van der Waals surface area (Å²) < 4.78 is 0. The van der Waals surface area contributed by atoms with E-state index in [9.17, 15) is 9.90 Å². The molecule has 2 N–H and O–H groups in total. The van der Waals surface area contributed by atoms with Gasteiger partial charge in [-0.25, -0.2) is 0 Å². The van der Waals surface area contributed by atoms with Crippen molar-refractivity contribution in [1.29, 1.82) is 0 Å². The molecule has 1 fully saturated rings. The first-order chi connectivity index (χ1) is 10.1. The molecule has 21 heavy (non-hydrogen) atoms. The summed E-state index contributed by atoms with van der Waals surface area (Å²) in [4.78, 5) is 14.3. The maximum absolute atomic E-state index is 12.5. The van der Waals surface area contributed by atoms with Crippen LogP contribution in [0.1, 0.15) is 49.4 Å². The summed E-state index contributed by atoms with van der Waals surface area (Å²) in [7, 11) is 1.85. The summed E-state index contributed by atoms with van der Waals surface area (Å²) >= 11 is 0. The Bertz CT molecular complexity index is 468. The maximum atomic E-state index is 12.5. The van der Waals surface area contributed by atoms with Crippen molar-refractivity contribution in [3.8, 4) is 5.75 Å². The molecule has 1 aromatic rings. The number of rotatable bonds is 5. The Kier molecular flexibility index (Phi) is 5.62. The van der Waals surface area contributed by atoms with E-state index in [1.54, 1.807) is 29.2 Å². The molecule has 0 aromatic heterocycles. The predicted molar refractivity (Wildman–Crippen MR) is 84.5 cm³/mol. The maximum Gasteiger partial charge on any atom is 0.257 e. The molecule has 0 saturated heterocycles. The monoisotopic (exact) mass is 290 g/mol. The molecule has 116 valence electrons. The number of phenols is 1. The number of nitrogens with zero attached hydrogens (tertiary/aromatic N) is 1. The molecule has 0 heterocycles. The van der Waals surface area contributed by atoms with Crippen molar-refractivity contribution in [2.75, 3.05) is 13.6 Å². The van der Waals surface area contributed by atoms with Crippen LogP contribution in [0.5, 0.6) is 5.75 Å². The molecule has 0 bridgehead atoms. The van der Waals surface area contributed by atoms with Crippen LogP contribution in [0.25, 0.3) is 0 Å². The van der Waals surface area contributed by atoms with Gasteiger partial charge in [0, 0.05) is 19.1 Å². The highest BCUT2D eigenvalue weighted by Crippen LogP contribution is 2.25. The van der Waals surface area contributed by atoms with Crippen molar-refractivity contribution in [3.05, 3.63) is 29.8 Å². The molecule has 1 saturated carbocycles. The van der Waals surface area contributed by atoms with E-state index in [1.165, 1.54) is 0 Å². The van der Waals surface area contributed by atoms with Gasteiger partial charge in [0.25, 0.3) is 5.91 Å². The molecule has 0 atom stereocenters. The van der Waals surface area contributed by atoms with Crippen LogP contribution in [0.2, 0.25) is 0 Å². The summed E-state index contributed by atoms with van der Waals surface area (Å²) in [6.45, 7) is 3.25. The molecule has 0 unspecified atom stereocenters. The Morgan fingerprint density at radius 3 is 2.57 bits per heavy atom. The molecule has 1 amide bonds. The fraction of sp³-hybridized carbons (Fsp3) is 0.588. The van der Waals surface area contributed by atoms with Crippen molar-refractivity contribution in [2.45, 2.75) is 51.1 Å². The van der Waals surface area contributed by atoms with E-state index in [0.29, 0.717) is 11.6 Å². The van der Waals surface area contributed by atoms with Gasteiger partial charge in [0.1, 0.15) is 5.75 Å². The molecular weight excluding hydrogens is 264 g/mol. The van der Waals surface area contributed by atoms with E-state index >= 15 is 0 Å². The number of carbonyl (C=O) groups is 1. The van der Waals surface area contributed by atoms with Gasteiger partial charge in [-0.2, -0.15) is 0 Å². The summed E-state index contributed by atoms with van der Waals surface area (Å²) in [6.07, 6.45) is 5.44. The second kappa shape index (κ2) is 7.46. The zero-order valence-electron chi connectivity index (χ0n) is 13.0. The molecule has 1 aliphatic rings. The molecule has 0 spiro atoms. The van der Waals surface area contributed by atoms with Gasteiger partial charge in [0.2, 0.25) is 0 Å². The van der Waals surface area contributed by atoms with Crippen molar-refractivity contribution >= 4 is 5.91 Å². The fourth-order valence-corrected chi connectivity index (χ4v) is 3.03. The number of phenolic OH excluding ortho intramolecular Hbond substituents is 1. The molecule has 1 aromatic carbocycles. The van der Waals surface area contributed by atoms with Gasteiger partial charge in [0.05, 0.1) is 5.56 Å². The Morgan fingerprint density at radius 1 is 1.29 bits per heavy atom. The van der Waals surface area contributed by atoms with Crippen LogP contribution < -0.4 is 5.32 Å². The number of nitrogens with one attached hydrogen (secondary N) is 1. The Labute approximate surface area is 127 Å². The van der Waals surface area contributed by atoms with Crippen molar-refractivity contribution in [3.63, 3.8) is 0 Å². The topological polar surface area (TPSA) is 52.6 Å². The Morgan fingerprint density at radius 2 is 1.95 bits per heavy atom. The summed E-state index contributed by atoms with van der Waals surface area (Å²) in [5, 5.41) is 13.4. The third-order valence-electron chi connectivity index (χ3n) is 4.38. The number of hydrogen-bond acceptors (Lipinski definition) is 3. The van der Waals surface area contributed by atoms with Crippen LogP contribution in [0.4, 0.5) is 0 Å². The van der Waals surface area contributed by atoms with E-state index < -0.39 is 0 Å². The zero-order chi connectivity index (χ0) is 15.2. The lowest BCUT2D eigenvalue weighted by Gasteiger charge is -2.35. The second-order valence-electron chi connectivity index (χ2n) is 5.89. The van der Waals surface area contributed by atoms with E-state index in [2.05, 4.69) is 12.2 Å². The first-order valence-electron chi connectivity index (χ1n) is 7.92. The molecule has 4 nitrogen and oxygen atoms in total. The first kappa shape index (κ1) is 15.8. The lowest BCUT2D eigenvalue weighted by atomic mass is 9.90. The highest BCUT2D eigenvalue weighted by atomic mass is 16.3. The molecule has 0 aliphatic heterocycles.